The normalized spacial score (nSPS) is 12.7. The summed E-state index contributed by atoms with van der Waals surface area (Å²) in [5.74, 6) is -0.598. The van der Waals surface area contributed by atoms with Crippen LogP contribution in [-0.2, 0) is 12.4 Å². The predicted octanol–water partition coefficient (Wildman–Crippen LogP) is 2.33. The summed E-state index contributed by atoms with van der Waals surface area (Å²) >= 11 is 0. The zero-order valence-corrected chi connectivity index (χ0v) is 9.63. The molecule has 110 valence electrons. The van der Waals surface area contributed by atoms with Crippen molar-refractivity contribution in [3.8, 4) is 0 Å². The van der Waals surface area contributed by atoms with Crippen LogP contribution in [0, 0.1) is 0 Å². The van der Waals surface area contributed by atoms with Gasteiger partial charge in [0.15, 0.2) is 0 Å². The fraction of sp³-hybridized carbons (Fsp3) is 0.200. The van der Waals surface area contributed by atoms with E-state index in [-0.39, 0.29) is 0 Å². The molecule has 0 aliphatic rings. The highest BCUT2D eigenvalue weighted by atomic mass is 19.4. The lowest BCUT2D eigenvalue weighted by Crippen LogP contribution is -2.22. The van der Waals surface area contributed by atoms with Crippen molar-refractivity contribution in [3.63, 3.8) is 0 Å². The smallest absolute Gasteiger partial charge is 0.369 e. The zero-order valence-electron chi connectivity index (χ0n) is 9.63. The molecule has 0 aromatic heterocycles. The second kappa shape index (κ2) is 5.39. The van der Waals surface area contributed by atoms with Gasteiger partial charge in [-0.15, -0.1) is 5.10 Å². The summed E-state index contributed by atoms with van der Waals surface area (Å²) in [6, 6.07) is 1.67. The third kappa shape index (κ3) is 3.87. The van der Waals surface area contributed by atoms with Gasteiger partial charge < -0.3 is 11.5 Å². The van der Waals surface area contributed by atoms with Crippen LogP contribution in [0.1, 0.15) is 16.7 Å². The molecular weight excluding hydrogens is 290 g/mol. The Morgan fingerprint density at radius 2 is 1.40 bits per heavy atom. The van der Waals surface area contributed by atoms with Gasteiger partial charge >= 0.3 is 12.4 Å². The van der Waals surface area contributed by atoms with Gasteiger partial charge in [0.1, 0.15) is 0 Å². The van der Waals surface area contributed by atoms with E-state index < -0.39 is 35.0 Å². The number of benzene rings is 1. The number of guanidine groups is 1. The van der Waals surface area contributed by atoms with Crippen LogP contribution in [0.25, 0.3) is 0 Å². The van der Waals surface area contributed by atoms with Crippen molar-refractivity contribution in [1.29, 1.82) is 0 Å². The molecule has 4 nitrogen and oxygen atoms in total. The number of halogens is 6. The van der Waals surface area contributed by atoms with E-state index in [2.05, 4.69) is 10.2 Å². The van der Waals surface area contributed by atoms with E-state index in [9.17, 15) is 26.3 Å². The molecule has 0 unspecified atom stereocenters. The Labute approximate surface area is 108 Å². The first-order valence-electron chi connectivity index (χ1n) is 4.93. The predicted molar refractivity (Wildman–Crippen MR) is 59.8 cm³/mol. The molecule has 0 saturated heterocycles. The zero-order chi connectivity index (χ0) is 15.6. The minimum atomic E-state index is -4.97. The average Bonchev–Trinajstić information content (AvgIpc) is 2.25. The average molecular weight is 298 g/mol. The van der Waals surface area contributed by atoms with Gasteiger partial charge in [0.05, 0.1) is 17.3 Å². The van der Waals surface area contributed by atoms with Gasteiger partial charge in [-0.2, -0.15) is 31.4 Å². The van der Waals surface area contributed by atoms with E-state index in [1.165, 1.54) is 0 Å². The lowest BCUT2D eigenvalue weighted by atomic mass is 10.0. The molecule has 0 fully saturated rings. The molecule has 0 spiro atoms. The molecule has 0 atom stereocenters. The van der Waals surface area contributed by atoms with E-state index in [1.54, 1.807) is 0 Å². The number of rotatable bonds is 2. The molecule has 1 aromatic carbocycles. The highest BCUT2D eigenvalue weighted by molar-refractivity contribution is 5.85. The molecule has 0 bridgehead atoms. The summed E-state index contributed by atoms with van der Waals surface area (Å²) < 4.78 is 76.1. The number of nitrogens with zero attached hydrogens (tertiary/aromatic N) is 2. The van der Waals surface area contributed by atoms with Gasteiger partial charge in [-0.25, -0.2) is 0 Å². The Kier molecular flexibility index (Phi) is 4.26. The first kappa shape index (κ1) is 15.8. The minimum absolute atomic E-state index is 0.311. The molecule has 4 N–H and O–H groups in total. The van der Waals surface area contributed by atoms with Gasteiger partial charge in [0.25, 0.3) is 0 Å². The summed E-state index contributed by atoms with van der Waals surface area (Å²) in [4.78, 5) is 0. The van der Waals surface area contributed by atoms with Gasteiger partial charge in [-0.05, 0) is 12.1 Å². The highest BCUT2D eigenvalue weighted by Crippen LogP contribution is 2.38. The molecule has 1 aromatic rings. The highest BCUT2D eigenvalue weighted by Gasteiger charge is 2.39. The number of hydrogen-bond acceptors (Lipinski definition) is 2. The van der Waals surface area contributed by atoms with Gasteiger partial charge in [0.2, 0.25) is 5.96 Å². The molecule has 1 rings (SSSR count). The number of hydrogen-bond donors (Lipinski definition) is 2. The topological polar surface area (TPSA) is 76.8 Å². The van der Waals surface area contributed by atoms with Crippen LogP contribution in [0.4, 0.5) is 26.3 Å². The van der Waals surface area contributed by atoms with Crippen LogP contribution in [0.3, 0.4) is 0 Å². The first-order chi connectivity index (χ1) is 9.03. The van der Waals surface area contributed by atoms with Crippen LogP contribution < -0.4 is 11.5 Å². The van der Waals surface area contributed by atoms with Gasteiger partial charge in [-0.1, -0.05) is 6.07 Å². The summed E-state index contributed by atoms with van der Waals surface area (Å²) in [5, 5.41) is 5.98. The summed E-state index contributed by atoms with van der Waals surface area (Å²) in [6.45, 7) is 0. The maximum Gasteiger partial charge on any atom is 0.417 e. The van der Waals surface area contributed by atoms with Crippen molar-refractivity contribution in [1.82, 2.24) is 0 Å². The molecule has 0 heterocycles. The van der Waals surface area contributed by atoms with Crippen molar-refractivity contribution in [2.24, 2.45) is 21.7 Å². The van der Waals surface area contributed by atoms with Crippen molar-refractivity contribution in [2.75, 3.05) is 0 Å². The molecule has 20 heavy (non-hydrogen) atoms. The van der Waals surface area contributed by atoms with Gasteiger partial charge in [0, 0.05) is 5.56 Å². The molecule has 0 aliphatic heterocycles. The summed E-state index contributed by atoms with van der Waals surface area (Å²) in [6.07, 6.45) is -9.63. The lowest BCUT2D eigenvalue weighted by molar-refractivity contribution is -0.143. The van der Waals surface area contributed by atoms with Crippen molar-refractivity contribution >= 4 is 12.2 Å². The second-order valence-corrected chi connectivity index (χ2v) is 3.53. The molecule has 0 radical (unpaired) electrons. The number of alkyl halides is 6. The third-order valence-electron chi connectivity index (χ3n) is 2.08. The SMILES string of the molecule is NC(N)=NN=Cc1c(C(F)(F)F)cccc1C(F)(F)F. The standard InChI is InChI=1S/C10H8F6N4/c11-9(12,13)6-2-1-3-7(10(14,15)16)5(6)4-19-20-8(17)18/h1-4H,(H4,17,18,20). The van der Waals surface area contributed by atoms with Crippen LogP contribution in [0.2, 0.25) is 0 Å². The summed E-state index contributed by atoms with van der Waals surface area (Å²) in [5.41, 5.74) is 5.62. The minimum Gasteiger partial charge on any atom is -0.369 e. The Morgan fingerprint density at radius 1 is 0.950 bits per heavy atom. The molecule has 0 saturated carbocycles. The Hall–Kier alpha value is -2.26. The molecule has 0 amide bonds. The Morgan fingerprint density at radius 3 is 1.75 bits per heavy atom. The fourth-order valence-corrected chi connectivity index (χ4v) is 1.35. The van der Waals surface area contributed by atoms with E-state index in [0.717, 1.165) is 0 Å². The van der Waals surface area contributed by atoms with Crippen molar-refractivity contribution in [3.05, 3.63) is 34.9 Å². The van der Waals surface area contributed by atoms with Crippen LogP contribution >= 0.6 is 0 Å². The van der Waals surface area contributed by atoms with Crippen molar-refractivity contribution < 1.29 is 26.3 Å². The second-order valence-electron chi connectivity index (χ2n) is 3.53. The maximum atomic E-state index is 12.7. The maximum absolute atomic E-state index is 12.7. The quantitative estimate of drug-likeness (QED) is 0.380. The van der Waals surface area contributed by atoms with Crippen LogP contribution in [0.5, 0.6) is 0 Å². The largest absolute Gasteiger partial charge is 0.417 e. The molecule has 10 heteroatoms. The summed E-state index contributed by atoms with van der Waals surface area (Å²) in [7, 11) is 0. The van der Waals surface area contributed by atoms with Crippen LogP contribution in [0.15, 0.2) is 28.4 Å². The van der Waals surface area contributed by atoms with E-state index >= 15 is 0 Å². The van der Waals surface area contributed by atoms with E-state index in [1.807, 2.05) is 0 Å². The molecule has 0 aliphatic carbocycles. The van der Waals surface area contributed by atoms with Gasteiger partial charge in [-0.3, -0.25) is 0 Å². The fourth-order valence-electron chi connectivity index (χ4n) is 1.35. The third-order valence-corrected chi connectivity index (χ3v) is 2.08. The first-order valence-corrected chi connectivity index (χ1v) is 4.93. The Bertz CT molecular complexity index is 507. The monoisotopic (exact) mass is 298 g/mol. The van der Waals surface area contributed by atoms with E-state index in [0.29, 0.717) is 24.4 Å². The Balaban J connectivity index is 3.49. The number of nitrogens with two attached hydrogens (primary N) is 2. The van der Waals surface area contributed by atoms with E-state index in [4.69, 9.17) is 11.5 Å². The van der Waals surface area contributed by atoms with Crippen LogP contribution in [-0.4, -0.2) is 12.2 Å². The molecular formula is C10H8F6N4. The van der Waals surface area contributed by atoms with Crippen molar-refractivity contribution in [2.45, 2.75) is 12.4 Å². The lowest BCUT2D eigenvalue weighted by Gasteiger charge is -2.15.